The molecule has 4 aromatic rings. The number of fused-ring (bicyclic) bond motifs is 1. The van der Waals surface area contributed by atoms with Gasteiger partial charge in [-0.15, -0.1) is 0 Å². The molecule has 2 amide bonds. The van der Waals surface area contributed by atoms with Crippen molar-refractivity contribution in [3.63, 3.8) is 0 Å². The number of nitrogens with zero attached hydrogens (tertiary/aromatic N) is 3. The van der Waals surface area contributed by atoms with Gasteiger partial charge in [0.2, 0.25) is 0 Å². The van der Waals surface area contributed by atoms with Crippen LogP contribution in [0.2, 0.25) is 0 Å². The van der Waals surface area contributed by atoms with E-state index >= 15 is 0 Å². The molecule has 208 valence electrons. The summed E-state index contributed by atoms with van der Waals surface area (Å²) in [5, 5.41) is 19.2. The lowest BCUT2D eigenvalue weighted by molar-refractivity contribution is 0.126. The summed E-state index contributed by atoms with van der Waals surface area (Å²) in [6, 6.07) is 22.9. The van der Waals surface area contributed by atoms with Crippen LogP contribution in [0.5, 0.6) is 5.75 Å². The molecule has 5 rings (SSSR count). The van der Waals surface area contributed by atoms with E-state index in [0.717, 1.165) is 66.8 Å². The summed E-state index contributed by atoms with van der Waals surface area (Å²) in [4.78, 5) is 23.5. The number of ether oxygens (including phenoxy) is 1. The van der Waals surface area contributed by atoms with Crippen molar-refractivity contribution in [1.82, 2.24) is 20.2 Å². The minimum Gasteiger partial charge on any atom is -0.493 e. The monoisotopic (exact) mass is 540 g/mol. The molecule has 4 N–H and O–H groups in total. The second-order valence-corrected chi connectivity index (χ2v) is 10.1. The molecule has 1 saturated heterocycles. The number of rotatable bonds is 11. The van der Waals surface area contributed by atoms with Crippen molar-refractivity contribution in [2.45, 2.75) is 25.8 Å². The first-order valence-corrected chi connectivity index (χ1v) is 13.8. The Morgan fingerprint density at radius 2 is 1.75 bits per heavy atom. The molecule has 1 aliphatic rings. The standard InChI is InChI=1S/C31H36N6O3/c38-21-24-13-16-37(17-14-24)15-4-18-40-27-11-12-28-29(19-27)33-22-34-30(28)35-25-7-9-26(10-8-25)36-31(39)32-20-23-5-2-1-3-6-23/h1-3,5-12,19,22,24,38H,4,13-18,20-21H2,(H2,32,36,39)(H,33,34,35). The van der Waals surface area contributed by atoms with Crippen LogP contribution in [0, 0.1) is 5.92 Å². The van der Waals surface area contributed by atoms with Gasteiger partial charge < -0.3 is 30.7 Å². The number of aliphatic hydroxyl groups excluding tert-OH is 1. The molecule has 1 fully saturated rings. The van der Waals surface area contributed by atoms with E-state index in [1.54, 1.807) is 0 Å². The highest BCUT2D eigenvalue weighted by molar-refractivity contribution is 5.92. The minimum absolute atomic E-state index is 0.257. The van der Waals surface area contributed by atoms with Gasteiger partial charge in [-0.3, -0.25) is 0 Å². The highest BCUT2D eigenvalue weighted by Gasteiger charge is 2.17. The van der Waals surface area contributed by atoms with Crippen LogP contribution in [-0.4, -0.2) is 58.9 Å². The maximum absolute atomic E-state index is 12.2. The topological polar surface area (TPSA) is 112 Å². The summed E-state index contributed by atoms with van der Waals surface area (Å²) in [5.74, 6) is 1.95. The van der Waals surface area contributed by atoms with Crippen molar-refractivity contribution in [2.75, 3.05) is 43.5 Å². The third kappa shape index (κ3) is 7.68. The predicted molar refractivity (Wildman–Crippen MR) is 158 cm³/mol. The highest BCUT2D eigenvalue weighted by Crippen LogP contribution is 2.27. The van der Waals surface area contributed by atoms with Gasteiger partial charge in [-0.2, -0.15) is 0 Å². The van der Waals surface area contributed by atoms with Gasteiger partial charge in [0.25, 0.3) is 0 Å². The largest absolute Gasteiger partial charge is 0.493 e. The van der Waals surface area contributed by atoms with E-state index < -0.39 is 0 Å². The molecule has 40 heavy (non-hydrogen) atoms. The second kappa shape index (κ2) is 13.7. The maximum atomic E-state index is 12.2. The van der Waals surface area contributed by atoms with E-state index in [0.29, 0.717) is 37.2 Å². The van der Waals surface area contributed by atoms with Crippen molar-refractivity contribution < 1.29 is 14.6 Å². The van der Waals surface area contributed by atoms with Gasteiger partial charge in [0, 0.05) is 42.5 Å². The number of carbonyl (C=O) groups is 1. The molecule has 0 spiro atoms. The van der Waals surface area contributed by atoms with Crippen LogP contribution in [-0.2, 0) is 6.54 Å². The van der Waals surface area contributed by atoms with Crippen molar-refractivity contribution >= 4 is 34.1 Å². The number of aliphatic hydroxyl groups is 1. The average Bonchev–Trinajstić information content (AvgIpc) is 3.00. The molecule has 0 bridgehead atoms. The van der Waals surface area contributed by atoms with Crippen LogP contribution in [0.25, 0.3) is 10.9 Å². The van der Waals surface area contributed by atoms with E-state index in [1.807, 2.05) is 72.8 Å². The van der Waals surface area contributed by atoms with E-state index in [9.17, 15) is 9.90 Å². The number of anilines is 3. The molecule has 9 nitrogen and oxygen atoms in total. The SMILES string of the molecule is O=C(NCc1ccccc1)Nc1ccc(Nc2ncnc3cc(OCCCN4CCC(CO)CC4)ccc23)cc1. The van der Waals surface area contributed by atoms with Crippen LogP contribution in [0.3, 0.4) is 0 Å². The molecule has 0 unspecified atom stereocenters. The lowest BCUT2D eigenvalue weighted by Gasteiger charge is -2.30. The Balaban J connectivity index is 1.10. The number of benzene rings is 3. The van der Waals surface area contributed by atoms with Crippen LogP contribution < -0.4 is 20.7 Å². The quantitative estimate of drug-likeness (QED) is 0.194. The molecule has 9 heteroatoms. The fourth-order valence-electron chi connectivity index (χ4n) is 4.82. The zero-order chi connectivity index (χ0) is 27.6. The lowest BCUT2D eigenvalue weighted by Crippen LogP contribution is -2.35. The number of likely N-dealkylation sites (tertiary alicyclic amines) is 1. The molecule has 0 aliphatic carbocycles. The molecule has 2 heterocycles. The summed E-state index contributed by atoms with van der Waals surface area (Å²) in [6.07, 6.45) is 4.65. The average molecular weight is 541 g/mol. The first kappa shape index (κ1) is 27.4. The van der Waals surface area contributed by atoms with Gasteiger partial charge in [-0.1, -0.05) is 30.3 Å². The fourth-order valence-corrected chi connectivity index (χ4v) is 4.82. The van der Waals surface area contributed by atoms with Crippen molar-refractivity contribution in [3.05, 3.63) is 84.7 Å². The molecular formula is C31H36N6O3. The van der Waals surface area contributed by atoms with Gasteiger partial charge in [0.1, 0.15) is 17.9 Å². The lowest BCUT2D eigenvalue weighted by atomic mass is 9.98. The Kier molecular flexibility index (Phi) is 9.39. The number of hydrogen-bond acceptors (Lipinski definition) is 7. The van der Waals surface area contributed by atoms with Gasteiger partial charge in [-0.05, 0) is 80.2 Å². The van der Waals surface area contributed by atoms with E-state index in [4.69, 9.17) is 4.74 Å². The highest BCUT2D eigenvalue weighted by atomic mass is 16.5. The fraction of sp³-hybridized carbons (Fsp3) is 0.323. The zero-order valence-electron chi connectivity index (χ0n) is 22.6. The van der Waals surface area contributed by atoms with Crippen molar-refractivity contribution in [2.24, 2.45) is 5.92 Å². The maximum Gasteiger partial charge on any atom is 0.319 e. The number of urea groups is 1. The third-order valence-corrected chi connectivity index (χ3v) is 7.16. The summed E-state index contributed by atoms with van der Waals surface area (Å²) in [6.45, 7) is 4.53. The Labute approximate surface area is 234 Å². The molecule has 0 saturated carbocycles. The Morgan fingerprint density at radius 3 is 2.52 bits per heavy atom. The minimum atomic E-state index is -0.257. The summed E-state index contributed by atoms with van der Waals surface area (Å²) in [7, 11) is 0. The molecule has 0 atom stereocenters. The molecule has 3 aromatic carbocycles. The van der Waals surface area contributed by atoms with Crippen LogP contribution >= 0.6 is 0 Å². The molecule has 1 aliphatic heterocycles. The number of aromatic nitrogens is 2. The van der Waals surface area contributed by atoms with Crippen LogP contribution in [0.1, 0.15) is 24.8 Å². The van der Waals surface area contributed by atoms with Gasteiger partial charge in [-0.25, -0.2) is 14.8 Å². The smallest absolute Gasteiger partial charge is 0.319 e. The van der Waals surface area contributed by atoms with E-state index in [2.05, 4.69) is 30.8 Å². The number of carbonyl (C=O) groups excluding carboxylic acids is 1. The Hall–Kier alpha value is -4.21. The van der Waals surface area contributed by atoms with Gasteiger partial charge >= 0.3 is 6.03 Å². The number of piperidine rings is 1. The number of amides is 2. The summed E-state index contributed by atoms with van der Waals surface area (Å²) >= 11 is 0. The van der Waals surface area contributed by atoms with Crippen LogP contribution in [0.4, 0.5) is 22.0 Å². The van der Waals surface area contributed by atoms with Gasteiger partial charge in [0.15, 0.2) is 0 Å². The normalized spacial score (nSPS) is 14.1. The van der Waals surface area contributed by atoms with Crippen LogP contribution in [0.15, 0.2) is 79.1 Å². The molecular weight excluding hydrogens is 504 g/mol. The summed E-state index contributed by atoms with van der Waals surface area (Å²) < 4.78 is 6.01. The van der Waals surface area contributed by atoms with Crippen molar-refractivity contribution in [3.8, 4) is 5.75 Å². The Bertz CT molecular complexity index is 1380. The zero-order valence-corrected chi connectivity index (χ0v) is 22.6. The van der Waals surface area contributed by atoms with Crippen molar-refractivity contribution in [1.29, 1.82) is 0 Å². The third-order valence-electron chi connectivity index (χ3n) is 7.16. The Morgan fingerprint density at radius 1 is 0.975 bits per heavy atom. The number of nitrogens with one attached hydrogen (secondary N) is 3. The predicted octanol–water partition coefficient (Wildman–Crippen LogP) is 5.17. The van der Waals surface area contributed by atoms with E-state index in [1.165, 1.54) is 6.33 Å². The molecule has 1 aromatic heterocycles. The van der Waals surface area contributed by atoms with Gasteiger partial charge in [0.05, 0.1) is 12.1 Å². The first-order valence-electron chi connectivity index (χ1n) is 13.8. The first-order chi connectivity index (χ1) is 19.7. The summed E-state index contributed by atoms with van der Waals surface area (Å²) in [5.41, 5.74) is 3.38. The number of hydrogen-bond donors (Lipinski definition) is 4. The molecule has 0 radical (unpaired) electrons. The second-order valence-electron chi connectivity index (χ2n) is 10.1. The van der Waals surface area contributed by atoms with E-state index in [-0.39, 0.29) is 6.03 Å².